The summed E-state index contributed by atoms with van der Waals surface area (Å²) in [6, 6.07) is 3.05. The van der Waals surface area contributed by atoms with Crippen LogP contribution < -0.4 is 15.8 Å². The maximum Gasteiger partial charge on any atom is 0.131 e. The number of aromatic nitrogens is 2. The molecule has 0 bridgehead atoms. The van der Waals surface area contributed by atoms with Gasteiger partial charge in [-0.25, -0.2) is 9.97 Å². The molecule has 3 rings (SSSR count). The minimum absolute atomic E-state index is 0.424. The summed E-state index contributed by atoms with van der Waals surface area (Å²) in [5.74, 6) is 1.98. The van der Waals surface area contributed by atoms with E-state index >= 15 is 0 Å². The average Bonchev–Trinajstić information content (AvgIpc) is 3.13. The fraction of sp³-hybridized carbons (Fsp3) is 0.733. The Labute approximate surface area is 126 Å². The quantitative estimate of drug-likeness (QED) is 0.860. The molecule has 2 fully saturated rings. The fourth-order valence-electron chi connectivity index (χ4n) is 3.20. The first-order valence-corrected chi connectivity index (χ1v) is 7.77. The molecule has 3 atom stereocenters. The molecular weight excluding hydrogens is 266 g/mol. The van der Waals surface area contributed by atoms with Crippen LogP contribution in [0.4, 0.5) is 5.82 Å². The molecule has 0 spiro atoms. The third-order valence-corrected chi connectivity index (χ3v) is 4.72. The summed E-state index contributed by atoms with van der Waals surface area (Å²) < 4.78 is 5.46. The van der Waals surface area contributed by atoms with Crippen molar-refractivity contribution in [2.45, 2.75) is 38.3 Å². The van der Waals surface area contributed by atoms with Gasteiger partial charge in [0.15, 0.2) is 0 Å². The first-order valence-electron chi connectivity index (χ1n) is 7.77. The SMILES string of the molecule is CC1NNC(C)C1CN(C)c1cc(C2CCOC2)ncn1. The van der Waals surface area contributed by atoms with Crippen molar-refractivity contribution >= 4 is 5.82 Å². The van der Waals surface area contributed by atoms with Crippen LogP contribution in [0.3, 0.4) is 0 Å². The molecule has 2 aliphatic rings. The molecule has 0 radical (unpaired) electrons. The first kappa shape index (κ1) is 14.7. The van der Waals surface area contributed by atoms with Crippen LogP contribution in [0.5, 0.6) is 0 Å². The zero-order valence-corrected chi connectivity index (χ0v) is 13.0. The first-order chi connectivity index (χ1) is 10.1. The number of rotatable bonds is 4. The molecule has 2 aliphatic heterocycles. The predicted octanol–water partition coefficient (Wildman–Crippen LogP) is 0.918. The van der Waals surface area contributed by atoms with Crippen LogP contribution in [0.2, 0.25) is 0 Å². The maximum absolute atomic E-state index is 5.46. The normalized spacial score (nSPS) is 32.5. The molecule has 2 N–H and O–H groups in total. The number of nitrogens with one attached hydrogen (secondary N) is 2. The maximum atomic E-state index is 5.46. The molecule has 0 aliphatic carbocycles. The van der Waals surface area contributed by atoms with Crippen LogP contribution in [0.1, 0.15) is 31.9 Å². The lowest BCUT2D eigenvalue weighted by atomic mass is 9.96. The van der Waals surface area contributed by atoms with Crippen molar-refractivity contribution in [2.24, 2.45) is 5.92 Å². The summed E-state index contributed by atoms with van der Waals surface area (Å²) in [6.45, 7) is 7.03. The van der Waals surface area contributed by atoms with Crippen molar-refractivity contribution in [2.75, 3.05) is 31.7 Å². The van der Waals surface area contributed by atoms with Gasteiger partial charge in [0.1, 0.15) is 12.1 Å². The van der Waals surface area contributed by atoms with Crippen molar-refractivity contribution in [1.82, 2.24) is 20.8 Å². The molecule has 0 amide bonds. The third kappa shape index (κ3) is 3.17. The minimum Gasteiger partial charge on any atom is -0.381 e. The van der Waals surface area contributed by atoms with Crippen molar-refractivity contribution < 1.29 is 4.74 Å². The van der Waals surface area contributed by atoms with Crippen molar-refractivity contribution in [3.05, 3.63) is 18.1 Å². The van der Waals surface area contributed by atoms with Crippen LogP contribution in [-0.2, 0) is 4.74 Å². The van der Waals surface area contributed by atoms with E-state index in [9.17, 15) is 0 Å². The van der Waals surface area contributed by atoms with Gasteiger partial charge in [-0.15, -0.1) is 0 Å². The van der Waals surface area contributed by atoms with Gasteiger partial charge in [0.2, 0.25) is 0 Å². The van der Waals surface area contributed by atoms with Gasteiger partial charge in [0, 0.05) is 50.2 Å². The van der Waals surface area contributed by atoms with Crippen LogP contribution in [0.15, 0.2) is 12.4 Å². The van der Waals surface area contributed by atoms with E-state index in [1.54, 1.807) is 6.33 Å². The van der Waals surface area contributed by atoms with Gasteiger partial charge >= 0.3 is 0 Å². The average molecular weight is 291 g/mol. The molecule has 6 nitrogen and oxygen atoms in total. The van der Waals surface area contributed by atoms with E-state index in [2.05, 4.69) is 52.7 Å². The molecule has 0 aromatic carbocycles. The smallest absolute Gasteiger partial charge is 0.131 e. The minimum atomic E-state index is 0.424. The topological polar surface area (TPSA) is 62.3 Å². The highest BCUT2D eigenvalue weighted by Gasteiger charge is 2.31. The summed E-state index contributed by atoms with van der Waals surface area (Å²) >= 11 is 0. The molecule has 1 aromatic rings. The Balaban J connectivity index is 1.69. The van der Waals surface area contributed by atoms with E-state index in [-0.39, 0.29) is 0 Å². The molecule has 3 heterocycles. The second kappa shape index (κ2) is 6.25. The Morgan fingerprint density at radius 2 is 2.05 bits per heavy atom. The highest BCUT2D eigenvalue weighted by molar-refractivity contribution is 5.39. The van der Waals surface area contributed by atoms with Gasteiger partial charge < -0.3 is 9.64 Å². The van der Waals surface area contributed by atoms with Crippen LogP contribution in [0, 0.1) is 5.92 Å². The van der Waals surface area contributed by atoms with E-state index < -0.39 is 0 Å². The van der Waals surface area contributed by atoms with Gasteiger partial charge in [0.25, 0.3) is 0 Å². The molecule has 0 saturated carbocycles. The van der Waals surface area contributed by atoms with Gasteiger partial charge in [-0.2, -0.15) is 0 Å². The number of hydrogen-bond acceptors (Lipinski definition) is 6. The summed E-state index contributed by atoms with van der Waals surface area (Å²) in [6.07, 6.45) is 2.74. The number of hydrazine groups is 1. The number of anilines is 1. The van der Waals surface area contributed by atoms with Gasteiger partial charge in [-0.05, 0) is 20.3 Å². The Morgan fingerprint density at radius 3 is 2.71 bits per heavy atom. The summed E-state index contributed by atoms with van der Waals surface area (Å²) in [4.78, 5) is 11.1. The van der Waals surface area contributed by atoms with Crippen LogP contribution in [0.25, 0.3) is 0 Å². The Morgan fingerprint density at radius 1 is 1.29 bits per heavy atom. The highest BCUT2D eigenvalue weighted by atomic mass is 16.5. The van der Waals surface area contributed by atoms with E-state index in [0.717, 1.165) is 37.7 Å². The largest absolute Gasteiger partial charge is 0.381 e. The highest BCUT2D eigenvalue weighted by Crippen LogP contribution is 2.26. The zero-order valence-electron chi connectivity index (χ0n) is 13.0. The lowest BCUT2D eigenvalue weighted by molar-refractivity contribution is 0.193. The van der Waals surface area contributed by atoms with Gasteiger partial charge in [-0.1, -0.05) is 0 Å². The van der Waals surface area contributed by atoms with Crippen LogP contribution >= 0.6 is 0 Å². The molecule has 3 unspecified atom stereocenters. The summed E-state index contributed by atoms with van der Waals surface area (Å²) in [5.41, 5.74) is 7.72. The van der Waals surface area contributed by atoms with E-state index in [1.165, 1.54) is 0 Å². The van der Waals surface area contributed by atoms with E-state index in [1.807, 2.05) is 0 Å². The molecule has 6 heteroatoms. The number of nitrogens with zero attached hydrogens (tertiary/aromatic N) is 3. The Hall–Kier alpha value is -1.24. The van der Waals surface area contributed by atoms with E-state index in [0.29, 0.717) is 23.9 Å². The Kier molecular flexibility index (Phi) is 4.37. The van der Waals surface area contributed by atoms with E-state index in [4.69, 9.17) is 4.74 Å². The molecule has 21 heavy (non-hydrogen) atoms. The van der Waals surface area contributed by atoms with Crippen LogP contribution in [-0.4, -0.2) is 48.9 Å². The third-order valence-electron chi connectivity index (χ3n) is 4.72. The second-order valence-electron chi connectivity index (χ2n) is 6.27. The summed E-state index contributed by atoms with van der Waals surface area (Å²) in [7, 11) is 2.11. The van der Waals surface area contributed by atoms with Crippen molar-refractivity contribution in [3.63, 3.8) is 0 Å². The zero-order chi connectivity index (χ0) is 14.8. The standard InChI is InChI=1S/C15H25N5O/c1-10-13(11(2)19-18-10)7-20(3)15-6-14(16-9-17-15)12-4-5-21-8-12/h6,9-13,18-19H,4-5,7-8H2,1-3H3. The number of ether oxygens (including phenoxy) is 1. The lowest BCUT2D eigenvalue weighted by Crippen LogP contribution is -2.35. The van der Waals surface area contributed by atoms with Crippen molar-refractivity contribution in [3.8, 4) is 0 Å². The predicted molar refractivity (Wildman–Crippen MR) is 82.2 cm³/mol. The molecule has 2 saturated heterocycles. The second-order valence-corrected chi connectivity index (χ2v) is 6.27. The monoisotopic (exact) mass is 291 g/mol. The number of hydrogen-bond donors (Lipinski definition) is 2. The summed E-state index contributed by atoms with van der Waals surface area (Å²) in [5, 5.41) is 0. The van der Waals surface area contributed by atoms with Gasteiger partial charge in [0.05, 0.1) is 12.3 Å². The molecule has 116 valence electrons. The van der Waals surface area contributed by atoms with Crippen molar-refractivity contribution in [1.29, 1.82) is 0 Å². The lowest BCUT2D eigenvalue weighted by Gasteiger charge is -2.26. The molecule has 1 aromatic heterocycles. The van der Waals surface area contributed by atoms with Gasteiger partial charge in [-0.3, -0.25) is 10.9 Å². The fourth-order valence-corrected chi connectivity index (χ4v) is 3.20. The Bertz CT molecular complexity index is 467. The molecular formula is C15H25N5O.